The minimum atomic E-state index is -0.446. The van der Waals surface area contributed by atoms with Crippen molar-refractivity contribution >= 4 is 11.5 Å². The summed E-state index contributed by atoms with van der Waals surface area (Å²) >= 11 is 0. The smallest absolute Gasteiger partial charge is 0.213 e. The van der Waals surface area contributed by atoms with Crippen LogP contribution in [0.2, 0.25) is 0 Å². The zero-order valence-electron chi connectivity index (χ0n) is 9.27. The van der Waals surface area contributed by atoms with Crippen LogP contribution in [0.3, 0.4) is 0 Å². The normalized spacial score (nSPS) is 10.2. The molecule has 3 nitrogen and oxygen atoms in total. The Morgan fingerprint density at radius 3 is 2.76 bits per heavy atom. The van der Waals surface area contributed by atoms with Crippen molar-refractivity contribution in [2.75, 3.05) is 5.73 Å². The quantitative estimate of drug-likeness (QED) is 0.636. The molecule has 0 bridgehead atoms. The zero-order valence-corrected chi connectivity index (χ0v) is 9.27. The summed E-state index contributed by atoms with van der Waals surface area (Å²) < 4.78 is 13.4. The van der Waals surface area contributed by atoms with Gasteiger partial charge in [0.25, 0.3) is 0 Å². The molecule has 0 atom stereocenters. The minimum absolute atomic E-state index is 0.145. The fourth-order valence-electron chi connectivity index (χ4n) is 1.54. The van der Waals surface area contributed by atoms with Crippen molar-refractivity contribution in [3.63, 3.8) is 0 Å². The first-order valence-electron chi connectivity index (χ1n) is 5.11. The van der Waals surface area contributed by atoms with Gasteiger partial charge in [-0.2, -0.15) is 0 Å². The molecule has 0 fully saturated rings. The van der Waals surface area contributed by atoms with Crippen molar-refractivity contribution in [1.82, 2.24) is 4.98 Å². The first-order valence-corrected chi connectivity index (χ1v) is 5.11. The summed E-state index contributed by atoms with van der Waals surface area (Å²) in [6.07, 6.45) is 1.51. The van der Waals surface area contributed by atoms with Crippen molar-refractivity contribution < 1.29 is 9.18 Å². The number of rotatable bonds is 2. The Hall–Kier alpha value is -2.23. The highest BCUT2D eigenvalue weighted by molar-refractivity contribution is 6.10. The van der Waals surface area contributed by atoms with E-state index in [2.05, 4.69) is 4.98 Å². The van der Waals surface area contributed by atoms with E-state index in [-0.39, 0.29) is 22.7 Å². The Kier molecular flexibility index (Phi) is 2.87. The molecule has 0 radical (unpaired) electrons. The molecule has 0 aliphatic rings. The van der Waals surface area contributed by atoms with E-state index in [9.17, 15) is 9.18 Å². The van der Waals surface area contributed by atoms with E-state index < -0.39 is 5.82 Å². The molecule has 17 heavy (non-hydrogen) atoms. The fourth-order valence-corrected chi connectivity index (χ4v) is 1.54. The molecule has 86 valence electrons. The summed E-state index contributed by atoms with van der Waals surface area (Å²) in [6, 6.07) is 7.57. The Morgan fingerprint density at radius 2 is 2.12 bits per heavy atom. The highest BCUT2D eigenvalue weighted by Gasteiger charge is 2.15. The van der Waals surface area contributed by atoms with Crippen LogP contribution in [0.4, 0.5) is 10.1 Å². The van der Waals surface area contributed by atoms with Gasteiger partial charge >= 0.3 is 0 Å². The van der Waals surface area contributed by atoms with Gasteiger partial charge in [-0.15, -0.1) is 0 Å². The fraction of sp³-hybridized carbons (Fsp3) is 0.0769. The maximum atomic E-state index is 13.4. The molecular formula is C13H11FN2O. The third-order valence-electron chi connectivity index (χ3n) is 2.47. The number of hydrogen-bond acceptors (Lipinski definition) is 3. The number of benzene rings is 1. The zero-order chi connectivity index (χ0) is 12.4. The molecule has 1 heterocycles. The molecule has 4 heteroatoms. The summed E-state index contributed by atoms with van der Waals surface area (Å²) in [5.41, 5.74) is 6.79. The van der Waals surface area contributed by atoms with Crippen LogP contribution in [0.5, 0.6) is 0 Å². The third-order valence-corrected chi connectivity index (χ3v) is 2.47. The van der Waals surface area contributed by atoms with Crippen molar-refractivity contribution in [2.45, 2.75) is 6.92 Å². The molecule has 0 aliphatic heterocycles. The molecule has 2 N–H and O–H groups in total. The number of nitrogens with zero attached hydrogens (tertiary/aromatic N) is 1. The van der Waals surface area contributed by atoms with Crippen LogP contribution in [0.25, 0.3) is 0 Å². The molecule has 0 saturated heterocycles. The van der Waals surface area contributed by atoms with Gasteiger partial charge in [0.2, 0.25) is 5.78 Å². The van der Waals surface area contributed by atoms with Gasteiger partial charge in [-0.05, 0) is 36.8 Å². The number of aryl methyl sites for hydroxylation is 1. The molecule has 0 aliphatic carbocycles. The van der Waals surface area contributed by atoms with E-state index in [1.807, 2.05) is 0 Å². The maximum absolute atomic E-state index is 13.4. The van der Waals surface area contributed by atoms with Crippen molar-refractivity contribution in [2.24, 2.45) is 0 Å². The number of hydrogen-bond donors (Lipinski definition) is 1. The number of aromatic nitrogens is 1. The van der Waals surface area contributed by atoms with Gasteiger partial charge in [-0.25, -0.2) is 4.39 Å². The van der Waals surface area contributed by atoms with Gasteiger partial charge in [0, 0.05) is 11.9 Å². The molecule has 0 unspecified atom stereocenters. The first-order chi connectivity index (χ1) is 8.09. The van der Waals surface area contributed by atoms with Crippen LogP contribution < -0.4 is 5.73 Å². The number of carbonyl (C=O) groups is 1. The number of carbonyl (C=O) groups excluding carboxylic acids is 1. The van der Waals surface area contributed by atoms with Gasteiger partial charge in [-0.1, -0.05) is 6.07 Å². The molecule has 2 rings (SSSR count). The lowest BCUT2D eigenvalue weighted by Gasteiger charge is -2.06. The number of anilines is 1. The Balaban J connectivity index is 2.48. The number of ketones is 1. The highest BCUT2D eigenvalue weighted by Crippen LogP contribution is 2.20. The van der Waals surface area contributed by atoms with E-state index in [1.165, 1.54) is 12.3 Å². The summed E-state index contributed by atoms with van der Waals surface area (Å²) in [4.78, 5) is 15.9. The minimum Gasteiger partial charge on any atom is -0.398 e. The average molecular weight is 230 g/mol. The standard InChI is InChI=1S/C13H11FN2O/c1-8-6-11(15)9(7-10(8)14)13(17)12-4-2-3-5-16-12/h2-7H,15H2,1H3. The van der Waals surface area contributed by atoms with Crippen LogP contribution in [-0.2, 0) is 0 Å². The van der Waals surface area contributed by atoms with Gasteiger partial charge in [0.15, 0.2) is 0 Å². The van der Waals surface area contributed by atoms with Crippen molar-refractivity contribution in [3.05, 3.63) is 59.2 Å². The van der Waals surface area contributed by atoms with Gasteiger partial charge in [0.1, 0.15) is 11.5 Å². The summed E-state index contributed by atoms with van der Waals surface area (Å²) in [7, 11) is 0. The molecule has 0 spiro atoms. The second-order valence-electron chi connectivity index (χ2n) is 3.73. The van der Waals surface area contributed by atoms with Crippen molar-refractivity contribution in [1.29, 1.82) is 0 Å². The highest BCUT2D eigenvalue weighted by atomic mass is 19.1. The van der Waals surface area contributed by atoms with E-state index >= 15 is 0 Å². The van der Waals surface area contributed by atoms with Crippen molar-refractivity contribution in [3.8, 4) is 0 Å². The number of halogens is 1. The lowest BCUT2D eigenvalue weighted by Crippen LogP contribution is -2.08. The molecular weight excluding hydrogens is 219 g/mol. The van der Waals surface area contributed by atoms with Gasteiger partial charge < -0.3 is 5.73 Å². The summed E-state index contributed by atoms with van der Waals surface area (Å²) in [5, 5.41) is 0. The Labute approximate surface area is 98.1 Å². The third kappa shape index (κ3) is 2.15. The molecule has 0 amide bonds. The maximum Gasteiger partial charge on any atom is 0.213 e. The lowest BCUT2D eigenvalue weighted by molar-refractivity contribution is 0.103. The Bertz CT molecular complexity index is 567. The largest absolute Gasteiger partial charge is 0.398 e. The second kappa shape index (κ2) is 4.33. The van der Waals surface area contributed by atoms with Crippen LogP contribution in [0.1, 0.15) is 21.6 Å². The first kappa shape index (κ1) is 11.3. The predicted molar refractivity (Wildman–Crippen MR) is 63.2 cm³/mol. The van der Waals surface area contributed by atoms with Crippen LogP contribution >= 0.6 is 0 Å². The Morgan fingerprint density at radius 1 is 1.35 bits per heavy atom. The van der Waals surface area contributed by atoms with Crippen LogP contribution in [0, 0.1) is 12.7 Å². The molecule has 0 saturated carbocycles. The van der Waals surface area contributed by atoms with Crippen LogP contribution in [0.15, 0.2) is 36.5 Å². The summed E-state index contributed by atoms with van der Waals surface area (Å²) in [6.45, 7) is 1.60. The lowest BCUT2D eigenvalue weighted by atomic mass is 10.0. The van der Waals surface area contributed by atoms with Crippen LogP contribution in [-0.4, -0.2) is 10.8 Å². The topological polar surface area (TPSA) is 56.0 Å². The number of pyridine rings is 1. The molecule has 2 aromatic rings. The molecule has 1 aromatic carbocycles. The monoisotopic (exact) mass is 230 g/mol. The van der Waals surface area contributed by atoms with E-state index in [0.29, 0.717) is 5.56 Å². The van der Waals surface area contributed by atoms with E-state index in [1.54, 1.807) is 25.1 Å². The van der Waals surface area contributed by atoms with E-state index in [4.69, 9.17) is 5.73 Å². The number of nitrogens with two attached hydrogens (primary N) is 1. The average Bonchev–Trinajstić information content (AvgIpc) is 2.34. The SMILES string of the molecule is Cc1cc(N)c(C(=O)c2ccccn2)cc1F. The number of nitrogen functional groups attached to an aromatic ring is 1. The van der Waals surface area contributed by atoms with Gasteiger partial charge in [0.05, 0.1) is 5.56 Å². The predicted octanol–water partition coefficient (Wildman–Crippen LogP) is 2.34. The summed E-state index contributed by atoms with van der Waals surface area (Å²) in [5.74, 6) is -0.819. The molecule has 1 aromatic heterocycles. The second-order valence-corrected chi connectivity index (χ2v) is 3.73. The van der Waals surface area contributed by atoms with E-state index in [0.717, 1.165) is 6.07 Å². The van der Waals surface area contributed by atoms with Gasteiger partial charge in [-0.3, -0.25) is 9.78 Å².